The molecule has 0 saturated carbocycles. The Morgan fingerprint density at radius 3 is 2.52 bits per heavy atom. The van der Waals surface area contributed by atoms with Crippen molar-refractivity contribution in [2.75, 3.05) is 26.7 Å². The summed E-state index contributed by atoms with van der Waals surface area (Å²) in [7, 11) is 1.77. The summed E-state index contributed by atoms with van der Waals surface area (Å²) in [5, 5.41) is 9.67. The van der Waals surface area contributed by atoms with Crippen LogP contribution in [0.1, 0.15) is 24.9 Å². The van der Waals surface area contributed by atoms with Crippen molar-refractivity contribution in [2.45, 2.75) is 19.4 Å². The lowest BCUT2D eigenvalue weighted by Crippen LogP contribution is -2.39. The molecule has 1 aromatic rings. The average Bonchev–Trinajstić information content (AvgIpc) is 2.95. The maximum Gasteiger partial charge on any atom is 0.307 e. The second-order valence-electron chi connectivity index (χ2n) is 5.79. The monoisotopic (exact) mass is 360 g/mol. The van der Waals surface area contributed by atoms with Gasteiger partial charge in [0.15, 0.2) is 0 Å². The van der Waals surface area contributed by atoms with Crippen molar-refractivity contribution < 1.29 is 14.7 Å². The minimum Gasteiger partial charge on any atom is -0.481 e. The molecule has 1 N–H and O–H groups in total. The number of hydrogen-bond acceptors (Lipinski definition) is 3. The number of halogens is 2. The lowest BCUT2D eigenvalue weighted by molar-refractivity contribution is -0.141. The molecule has 1 aliphatic heterocycles. The second-order valence-corrected chi connectivity index (χ2v) is 6.23. The maximum absolute atomic E-state index is 12.4. The Morgan fingerprint density at radius 2 is 2.00 bits per heavy atom. The standard InChI is InChI=1S/C16H21ClN2O3.ClH/c1-11(12-3-5-14(17)6-4-12)18(2)15(20)10-19-8-7-13(9-19)16(21)22;/h3-6,11,13H,7-10H2,1-2H3,(H,21,22);1H. The number of likely N-dealkylation sites (tertiary alicyclic amines) is 1. The predicted molar refractivity (Wildman–Crippen MR) is 92.1 cm³/mol. The molecule has 0 spiro atoms. The number of benzene rings is 1. The molecular formula is C16H22Cl2N2O3. The Kier molecular flexibility index (Phi) is 7.32. The van der Waals surface area contributed by atoms with Gasteiger partial charge in [0.2, 0.25) is 5.91 Å². The molecule has 23 heavy (non-hydrogen) atoms. The Labute approximate surface area is 147 Å². The molecule has 0 aromatic heterocycles. The molecule has 5 nitrogen and oxygen atoms in total. The van der Waals surface area contributed by atoms with Gasteiger partial charge in [0, 0.05) is 18.6 Å². The van der Waals surface area contributed by atoms with E-state index in [2.05, 4.69) is 0 Å². The van der Waals surface area contributed by atoms with Gasteiger partial charge in [0.1, 0.15) is 0 Å². The SMILES string of the molecule is CC(c1ccc(Cl)cc1)N(C)C(=O)CN1CCC(C(=O)O)C1.Cl. The Hall–Kier alpha value is -1.30. The number of likely N-dealkylation sites (N-methyl/N-ethyl adjacent to an activating group) is 1. The zero-order valence-electron chi connectivity index (χ0n) is 13.2. The van der Waals surface area contributed by atoms with E-state index in [0.717, 1.165) is 5.56 Å². The van der Waals surface area contributed by atoms with E-state index in [1.54, 1.807) is 11.9 Å². The van der Waals surface area contributed by atoms with Crippen LogP contribution in [0.5, 0.6) is 0 Å². The first-order valence-electron chi connectivity index (χ1n) is 7.34. The van der Waals surface area contributed by atoms with Crippen molar-refractivity contribution in [3.05, 3.63) is 34.9 Å². The minimum absolute atomic E-state index is 0. The highest BCUT2D eigenvalue weighted by Gasteiger charge is 2.30. The fraction of sp³-hybridized carbons (Fsp3) is 0.500. The average molecular weight is 361 g/mol. The molecule has 1 heterocycles. The van der Waals surface area contributed by atoms with Crippen LogP contribution in [0.3, 0.4) is 0 Å². The quantitative estimate of drug-likeness (QED) is 0.876. The minimum atomic E-state index is -0.780. The number of carboxylic acids is 1. The molecule has 128 valence electrons. The molecule has 0 radical (unpaired) electrons. The Morgan fingerprint density at radius 1 is 1.39 bits per heavy atom. The molecule has 2 atom stereocenters. The van der Waals surface area contributed by atoms with Crippen molar-refractivity contribution in [2.24, 2.45) is 5.92 Å². The van der Waals surface area contributed by atoms with Gasteiger partial charge in [-0.05, 0) is 37.6 Å². The van der Waals surface area contributed by atoms with Crippen LogP contribution < -0.4 is 0 Å². The van der Waals surface area contributed by atoms with E-state index in [4.69, 9.17) is 16.7 Å². The smallest absolute Gasteiger partial charge is 0.307 e. The van der Waals surface area contributed by atoms with E-state index in [0.29, 0.717) is 24.5 Å². The third kappa shape index (κ3) is 5.09. The topological polar surface area (TPSA) is 60.9 Å². The predicted octanol–water partition coefficient (Wildman–Crippen LogP) is 2.69. The van der Waals surface area contributed by atoms with Gasteiger partial charge in [-0.1, -0.05) is 23.7 Å². The number of carbonyl (C=O) groups is 2. The number of rotatable bonds is 5. The number of amides is 1. The van der Waals surface area contributed by atoms with Crippen LogP contribution >= 0.6 is 24.0 Å². The van der Waals surface area contributed by atoms with Crippen LogP contribution in [0.15, 0.2) is 24.3 Å². The molecule has 2 rings (SSSR count). The van der Waals surface area contributed by atoms with Gasteiger partial charge in [-0.25, -0.2) is 0 Å². The lowest BCUT2D eigenvalue weighted by Gasteiger charge is -2.27. The first-order valence-corrected chi connectivity index (χ1v) is 7.72. The van der Waals surface area contributed by atoms with Gasteiger partial charge in [0.05, 0.1) is 18.5 Å². The van der Waals surface area contributed by atoms with Crippen molar-refractivity contribution in [1.82, 2.24) is 9.80 Å². The van der Waals surface area contributed by atoms with Crippen molar-refractivity contribution in [3.63, 3.8) is 0 Å². The fourth-order valence-electron chi connectivity index (χ4n) is 2.66. The first kappa shape index (κ1) is 19.7. The number of carboxylic acid groups (broad SMARTS) is 1. The molecule has 2 unspecified atom stereocenters. The number of hydrogen-bond donors (Lipinski definition) is 1. The summed E-state index contributed by atoms with van der Waals surface area (Å²) < 4.78 is 0. The molecule has 1 aliphatic rings. The van der Waals surface area contributed by atoms with Crippen LogP contribution in [0, 0.1) is 5.92 Å². The summed E-state index contributed by atoms with van der Waals surface area (Å²) in [6.07, 6.45) is 0.610. The van der Waals surface area contributed by atoms with Crippen LogP contribution in [0.4, 0.5) is 0 Å². The van der Waals surface area contributed by atoms with Crippen LogP contribution in [-0.2, 0) is 9.59 Å². The van der Waals surface area contributed by atoms with E-state index in [1.165, 1.54) is 0 Å². The maximum atomic E-state index is 12.4. The summed E-state index contributed by atoms with van der Waals surface area (Å²) >= 11 is 5.88. The van der Waals surface area contributed by atoms with E-state index in [1.807, 2.05) is 36.1 Å². The largest absolute Gasteiger partial charge is 0.481 e. The summed E-state index contributed by atoms with van der Waals surface area (Å²) in [6.45, 7) is 3.33. The van der Waals surface area contributed by atoms with E-state index >= 15 is 0 Å². The van der Waals surface area contributed by atoms with Crippen molar-refractivity contribution in [1.29, 1.82) is 0 Å². The van der Waals surface area contributed by atoms with Crippen molar-refractivity contribution in [3.8, 4) is 0 Å². The third-order valence-corrected chi connectivity index (χ3v) is 4.56. The lowest BCUT2D eigenvalue weighted by atomic mass is 10.1. The second kappa shape index (κ2) is 8.52. The normalized spacial score (nSPS) is 19.0. The first-order chi connectivity index (χ1) is 10.4. The highest BCUT2D eigenvalue weighted by Crippen LogP contribution is 2.22. The highest BCUT2D eigenvalue weighted by molar-refractivity contribution is 6.30. The van der Waals surface area contributed by atoms with Crippen LogP contribution in [0.25, 0.3) is 0 Å². The molecule has 1 amide bonds. The summed E-state index contributed by atoms with van der Waals surface area (Å²) in [6, 6.07) is 7.38. The zero-order valence-corrected chi connectivity index (χ0v) is 14.8. The van der Waals surface area contributed by atoms with Gasteiger partial charge in [-0.2, -0.15) is 0 Å². The van der Waals surface area contributed by atoms with E-state index < -0.39 is 5.97 Å². The highest BCUT2D eigenvalue weighted by atomic mass is 35.5. The van der Waals surface area contributed by atoms with E-state index in [-0.39, 0.29) is 36.8 Å². The molecule has 1 fully saturated rings. The number of carbonyl (C=O) groups excluding carboxylic acids is 1. The van der Waals surface area contributed by atoms with E-state index in [9.17, 15) is 9.59 Å². The molecule has 7 heteroatoms. The number of nitrogens with zero attached hydrogens (tertiary/aromatic N) is 2. The Bertz CT molecular complexity index is 551. The van der Waals surface area contributed by atoms with Gasteiger partial charge < -0.3 is 10.0 Å². The molecule has 0 aliphatic carbocycles. The van der Waals surface area contributed by atoms with Crippen LogP contribution in [0.2, 0.25) is 5.02 Å². The molecule has 1 aromatic carbocycles. The third-order valence-electron chi connectivity index (χ3n) is 4.31. The van der Waals surface area contributed by atoms with Crippen LogP contribution in [-0.4, -0.2) is 53.5 Å². The molecule has 1 saturated heterocycles. The molecular weight excluding hydrogens is 339 g/mol. The molecule has 0 bridgehead atoms. The van der Waals surface area contributed by atoms with Gasteiger partial charge >= 0.3 is 5.97 Å². The van der Waals surface area contributed by atoms with Gasteiger partial charge in [0.25, 0.3) is 0 Å². The van der Waals surface area contributed by atoms with Gasteiger partial charge in [-0.3, -0.25) is 14.5 Å². The Balaban J connectivity index is 0.00000264. The zero-order chi connectivity index (χ0) is 16.3. The summed E-state index contributed by atoms with van der Waals surface area (Å²) in [4.78, 5) is 26.9. The summed E-state index contributed by atoms with van der Waals surface area (Å²) in [5.74, 6) is -1.14. The fourth-order valence-corrected chi connectivity index (χ4v) is 2.79. The van der Waals surface area contributed by atoms with Gasteiger partial charge in [-0.15, -0.1) is 12.4 Å². The summed E-state index contributed by atoms with van der Waals surface area (Å²) in [5.41, 5.74) is 1.02. The number of aliphatic carboxylic acids is 1. The van der Waals surface area contributed by atoms with Crippen molar-refractivity contribution >= 4 is 35.9 Å².